The van der Waals surface area contributed by atoms with E-state index >= 15 is 0 Å². The molecule has 2 aliphatic rings. The molecule has 3 aromatic rings. The normalized spacial score (nSPS) is 21.8. The van der Waals surface area contributed by atoms with E-state index < -0.39 is 5.82 Å². The molecule has 0 spiro atoms. The van der Waals surface area contributed by atoms with Crippen LogP contribution in [-0.2, 0) is 9.53 Å². The fraction of sp³-hybridized carbons (Fsp3) is 0.280. The van der Waals surface area contributed by atoms with E-state index in [9.17, 15) is 9.18 Å². The number of aromatic nitrogens is 2. The fourth-order valence-corrected chi connectivity index (χ4v) is 4.34. The zero-order chi connectivity index (χ0) is 22.2. The van der Waals surface area contributed by atoms with Gasteiger partial charge in [-0.15, -0.1) is 0 Å². The monoisotopic (exact) mass is 433 g/mol. The molecule has 2 aliphatic heterocycles. The van der Waals surface area contributed by atoms with Gasteiger partial charge in [0.25, 0.3) is 5.91 Å². The van der Waals surface area contributed by atoms with E-state index in [1.54, 1.807) is 35.3 Å². The first-order chi connectivity index (χ1) is 15.5. The molecule has 1 amide bonds. The maximum Gasteiger partial charge on any atom is 0.289 e. The summed E-state index contributed by atoms with van der Waals surface area (Å²) in [6, 6.07) is 12.6. The molecule has 0 saturated carbocycles. The van der Waals surface area contributed by atoms with Crippen molar-refractivity contribution in [2.75, 3.05) is 13.2 Å². The minimum Gasteiger partial charge on any atom is -0.493 e. The number of aryl methyl sites for hydroxylation is 1. The van der Waals surface area contributed by atoms with Crippen LogP contribution in [0.5, 0.6) is 5.75 Å². The fourth-order valence-electron chi connectivity index (χ4n) is 4.34. The number of imidazole rings is 1. The van der Waals surface area contributed by atoms with E-state index in [0.29, 0.717) is 24.4 Å². The van der Waals surface area contributed by atoms with Gasteiger partial charge in [0.2, 0.25) is 0 Å². The highest BCUT2D eigenvalue weighted by atomic mass is 19.1. The van der Waals surface area contributed by atoms with Gasteiger partial charge in [0.15, 0.2) is 5.76 Å². The third-order valence-electron chi connectivity index (χ3n) is 5.82. The number of hydrogen-bond acceptors (Lipinski definition) is 4. The number of morpholine rings is 1. The van der Waals surface area contributed by atoms with Crippen molar-refractivity contribution >= 4 is 12.0 Å². The Morgan fingerprint density at radius 3 is 2.84 bits per heavy atom. The second-order valence-corrected chi connectivity index (χ2v) is 8.22. The SMILES string of the molecule is Cc1cn(-c2ccc(C=C3OC(C)CN(C4CCOc5ccccc54)C3=O)cc2F)cn1. The summed E-state index contributed by atoms with van der Waals surface area (Å²) in [5.41, 5.74) is 2.78. The lowest BCUT2D eigenvalue weighted by Crippen LogP contribution is -2.47. The van der Waals surface area contributed by atoms with Gasteiger partial charge in [0.05, 0.1) is 36.9 Å². The molecule has 6 nitrogen and oxygen atoms in total. The van der Waals surface area contributed by atoms with Crippen molar-refractivity contribution in [1.29, 1.82) is 0 Å². The molecule has 1 fully saturated rings. The second kappa shape index (κ2) is 8.15. The van der Waals surface area contributed by atoms with Crippen LogP contribution in [0, 0.1) is 12.7 Å². The first-order valence-electron chi connectivity index (χ1n) is 10.7. The summed E-state index contributed by atoms with van der Waals surface area (Å²) >= 11 is 0. The molecule has 3 heterocycles. The Hall–Kier alpha value is -3.61. The Kier molecular flexibility index (Phi) is 5.17. The molecule has 2 aromatic carbocycles. The molecule has 0 radical (unpaired) electrons. The highest BCUT2D eigenvalue weighted by molar-refractivity contribution is 5.96. The predicted octanol–water partition coefficient (Wildman–Crippen LogP) is 4.43. The first kappa shape index (κ1) is 20.3. The number of amides is 1. The minimum absolute atomic E-state index is 0.0780. The van der Waals surface area contributed by atoms with Crippen molar-refractivity contribution < 1.29 is 18.7 Å². The van der Waals surface area contributed by atoms with Crippen LogP contribution in [0.15, 0.2) is 60.7 Å². The van der Waals surface area contributed by atoms with Gasteiger partial charge >= 0.3 is 0 Å². The summed E-state index contributed by atoms with van der Waals surface area (Å²) in [7, 11) is 0. The van der Waals surface area contributed by atoms with Crippen LogP contribution in [0.25, 0.3) is 11.8 Å². The van der Waals surface area contributed by atoms with E-state index in [0.717, 1.165) is 23.4 Å². The molecule has 5 rings (SSSR count). The van der Waals surface area contributed by atoms with Crippen LogP contribution < -0.4 is 4.74 Å². The van der Waals surface area contributed by atoms with E-state index in [-0.39, 0.29) is 23.8 Å². The first-order valence-corrected chi connectivity index (χ1v) is 10.7. The van der Waals surface area contributed by atoms with Crippen LogP contribution in [0.1, 0.15) is 36.2 Å². The van der Waals surface area contributed by atoms with Crippen LogP contribution in [0.4, 0.5) is 4.39 Å². The molecular formula is C25H24FN3O3. The Morgan fingerprint density at radius 2 is 2.06 bits per heavy atom. The molecular weight excluding hydrogens is 409 g/mol. The zero-order valence-electron chi connectivity index (χ0n) is 18.0. The lowest BCUT2D eigenvalue weighted by atomic mass is 9.97. The molecule has 0 aliphatic carbocycles. The summed E-state index contributed by atoms with van der Waals surface area (Å²) in [5.74, 6) is 0.440. The number of benzene rings is 2. The lowest BCUT2D eigenvalue weighted by molar-refractivity contribution is -0.142. The van der Waals surface area contributed by atoms with E-state index in [1.165, 1.54) is 6.07 Å². The summed E-state index contributed by atoms with van der Waals surface area (Å²) in [6.45, 7) is 4.83. The standard InChI is InChI=1S/C25H24FN3O3/c1-16-13-28(15-27-16)22-8-7-18(11-20(22)26)12-24-25(30)29(14-17(2)32-24)21-9-10-31-23-6-4-3-5-19(21)23/h3-8,11-13,15,17,21H,9-10,14H2,1-2H3. The Morgan fingerprint density at radius 1 is 1.22 bits per heavy atom. The van der Waals surface area contributed by atoms with Gasteiger partial charge in [-0.1, -0.05) is 24.3 Å². The lowest BCUT2D eigenvalue weighted by Gasteiger charge is -2.40. The smallest absolute Gasteiger partial charge is 0.289 e. The molecule has 0 N–H and O–H groups in total. The van der Waals surface area contributed by atoms with Gasteiger partial charge in [-0.2, -0.15) is 0 Å². The number of para-hydroxylation sites is 1. The third-order valence-corrected chi connectivity index (χ3v) is 5.82. The highest BCUT2D eigenvalue weighted by Gasteiger charge is 2.37. The number of fused-ring (bicyclic) bond motifs is 1. The van der Waals surface area contributed by atoms with Crippen molar-refractivity contribution in [2.24, 2.45) is 0 Å². The van der Waals surface area contributed by atoms with Crippen LogP contribution >= 0.6 is 0 Å². The largest absolute Gasteiger partial charge is 0.493 e. The molecule has 1 aromatic heterocycles. The van der Waals surface area contributed by atoms with Crippen molar-refractivity contribution in [3.63, 3.8) is 0 Å². The molecule has 1 saturated heterocycles. The van der Waals surface area contributed by atoms with Gasteiger partial charge < -0.3 is 18.9 Å². The van der Waals surface area contributed by atoms with Gasteiger partial charge in [0.1, 0.15) is 17.7 Å². The second-order valence-electron chi connectivity index (χ2n) is 8.22. The average Bonchev–Trinajstić information content (AvgIpc) is 3.21. The van der Waals surface area contributed by atoms with Gasteiger partial charge in [-0.25, -0.2) is 9.37 Å². The maximum atomic E-state index is 14.8. The quantitative estimate of drug-likeness (QED) is 0.574. The van der Waals surface area contributed by atoms with Crippen molar-refractivity contribution in [2.45, 2.75) is 32.4 Å². The number of rotatable bonds is 3. The van der Waals surface area contributed by atoms with E-state index in [2.05, 4.69) is 4.98 Å². The number of carbonyl (C=O) groups is 1. The summed E-state index contributed by atoms with van der Waals surface area (Å²) < 4.78 is 28.0. The molecule has 164 valence electrons. The Labute approximate surface area is 185 Å². The average molecular weight is 433 g/mol. The summed E-state index contributed by atoms with van der Waals surface area (Å²) in [5, 5.41) is 0. The molecule has 2 unspecified atom stereocenters. The molecule has 32 heavy (non-hydrogen) atoms. The van der Waals surface area contributed by atoms with Gasteiger partial charge in [0, 0.05) is 18.2 Å². The highest BCUT2D eigenvalue weighted by Crippen LogP contribution is 2.38. The van der Waals surface area contributed by atoms with Crippen molar-refractivity contribution in [3.05, 3.63) is 83.4 Å². The number of carbonyl (C=O) groups excluding carboxylic acids is 1. The number of ether oxygens (including phenoxy) is 2. The molecule has 2 atom stereocenters. The predicted molar refractivity (Wildman–Crippen MR) is 118 cm³/mol. The number of halogens is 1. The number of nitrogens with zero attached hydrogens (tertiary/aromatic N) is 3. The zero-order valence-corrected chi connectivity index (χ0v) is 18.0. The topological polar surface area (TPSA) is 56.6 Å². The van der Waals surface area contributed by atoms with E-state index in [4.69, 9.17) is 9.47 Å². The number of hydrogen-bond donors (Lipinski definition) is 0. The molecule has 7 heteroatoms. The van der Waals surface area contributed by atoms with Gasteiger partial charge in [-0.05, 0) is 43.7 Å². The van der Waals surface area contributed by atoms with Crippen molar-refractivity contribution in [1.82, 2.24) is 14.5 Å². The van der Waals surface area contributed by atoms with Crippen LogP contribution in [0.3, 0.4) is 0 Å². The minimum atomic E-state index is -0.400. The summed E-state index contributed by atoms with van der Waals surface area (Å²) in [4.78, 5) is 19.3. The van der Waals surface area contributed by atoms with Crippen molar-refractivity contribution in [3.8, 4) is 11.4 Å². The van der Waals surface area contributed by atoms with E-state index in [1.807, 2.05) is 43.0 Å². The Balaban J connectivity index is 1.44. The third kappa shape index (κ3) is 3.75. The molecule has 0 bridgehead atoms. The maximum absolute atomic E-state index is 14.8. The summed E-state index contributed by atoms with van der Waals surface area (Å²) in [6.07, 6.45) is 5.49. The van der Waals surface area contributed by atoms with Crippen LogP contribution in [-0.4, -0.2) is 39.6 Å². The Bertz CT molecular complexity index is 1200. The van der Waals surface area contributed by atoms with Crippen LogP contribution in [0.2, 0.25) is 0 Å². The van der Waals surface area contributed by atoms with Gasteiger partial charge in [-0.3, -0.25) is 4.79 Å².